The number of terminal acetylenes is 1. The van der Waals surface area contributed by atoms with Crippen LogP contribution in [0.25, 0.3) is 0 Å². The molecule has 0 radical (unpaired) electrons. The molecular formula is C16H21NO. The van der Waals surface area contributed by atoms with Crippen LogP contribution in [0.15, 0.2) is 30.3 Å². The molecule has 1 aromatic rings. The second kappa shape index (κ2) is 5.56. The smallest absolute Gasteiger partial charge is 0.0820 e. The van der Waals surface area contributed by atoms with Gasteiger partial charge in [0.05, 0.1) is 5.60 Å². The molecule has 1 aromatic carbocycles. The summed E-state index contributed by atoms with van der Waals surface area (Å²) in [5, 5.41) is 10.6. The molecule has 96 valence electrons. The van der Waals surface area contributed by atoms with Gasteiger partial charge in [0.15, 0.2) is 0 Å². The van der Waals surface area contributed by atoms with Crippen molar-refractivity contribution in [2.24, 2.45) is 0 Å². The molecule has 0 saturated carbocycles. The van der Waals surface area contributed by atoms with E-state index in [-0.39, 0.29) is 6.04 Å². The van der Waals surface area contributed by atoms with Gasteiger partial charge in [-0.2, -0.15) is 0 Å². The van der Waals surface area contributed by atoms with E-state index in [1.165, 1.54) is 5.56 Å². The maximum atomic E-state index is 10.6. The minimum absolute atomic E-state index is 0.172. The molecule has 1 aliphatic heterocycles. The molecule has 2 nitrogen and oxygen atoms in total. The molecule has 1 heterocycles. The highest BCUT2D eigenvalue weighted by molar-refractivity contribution is 5.15. The molecule has 0 bridgehead atoms. The molecule has 2 atom stereocenters. The molecular weight excluding hydrogens is 222 g/mol. The normalized spacial score (nSPS) is 28.2. The molecule has 0 amide bonds. The molecule has 2 heteroatoms. The molecule has 18 heavy (non-hydrogen) atoms. The molecule has 1 N–H and O–H groups in total. The fourth-order valence-corrected chi connectivity index (χ4v) is 2.74. The predicted octanol–water partition coefficient (Wildman–Crippen LogP) is 2.43. The van der Waals surface area contributed by atoms with Gasteiger partial charge in [0, 0.05) is 25.6 Å². The van der Waals surface area contributed by atoms with Crippen molar-refractivity contribution in [1.29, 1.82) is 0 Å². The van der Waals surface area contributed by atoms with Crippen molar-refractivity contribution in [3.63, 3.8) is 0 Å². The first kappa shape index (κ1) is 13.1. The van der Waals surface area contributed by atoms with Gasteiger partial charge in [-0.25, -0.2) is 0 Å². The van der Waals surface area contributed by atoms with Crippen LogP contribution >= 0.6 is 0 Å². The Labute approximate surface area is 110 Å². The van der Waals surface area contributed by atoms with E-state index in [1.807, 2.05) is 6.07 Å². The summed E-state index contributed by atoms with van der Waals surface area (Å²) in [6.07, 6.45) is 7.47. The van der Waals surface area contributed by atoms with Crippen LogP contribution in [0, 0.1) is 12.3 Å². The molecule has 1 aliphatic rings. The Morgan fingerprint density at radius 3 is 2.83 bits per heavy atom. The van der Waals surface area contributed by atoms with Crippen molar-refractivity contribution >= 4 is 0 Å². The van der Waals surface area contributed by atoms with Gasteiger partial charge >= 0.3 is 0 Å². The maximum absolute atomic E-state index is 10.6. The van der Waals surface area contributed by atoms with Crippen LogP contribution in [0.5, 0.6) is 0 Å². The van der Waals surface area contributed by atoms with Gasteiger partial charge in [-0.05, 0) is 25.3 Å². The van der Waals surface area contributed by atoms with Crippen LogP contribution in [-0.4, -0.2) is 28.2 Å². The van der Waals surface area contributed by atoms with Gasteiger partial charge in [-0.3, -0.25) is 4.90 Å². The van der Waals surface area contributed by atoms with Crippen molar-refractivity contribution in [2.45, 2.75) is 44.4 Å². The number of hydrogen-bond donors (Lipinski definition) is 1. The number of hydrogen-bond acceptors (Lipinski definition) is 2. The van der Waals surface area contributed by atoms with E-state index in [9.17, 15) is 5.11 Å². The second-order valence-electron chi connectivity index (χ2n) is 5.19. The van der Waals surface area contributed by atoms with Gasteiger partial charge < -0.3 is 5.11 Å². The van der Waals surface area contributed by atoms with E-state index in [0.717, 1.165) is 19.5 Å². The summed E-state index contributed by atoms with van der Waals surface area (Å²) in [4.78, 5) is 2.34. The molecule has 0 aromatic heterocycles. The fourth-order valence-electron chi connectivity index (χ4n) is 2.74. The quantitative estimate of drug-likeness (QED) is 0.821. The van der Waals surface area contributed by atoms with Gasteiger partial charge in [0.1, 0.15) is 0 Å². The lowest BCUT2D eigenvalue weighted by Gasteiger charge is -2.31. The van der Waals surface area contributed by atoms with E-state index in [4.69, 9.17) is 6.42 Å². The van der Waals surface area contributed by atoms with Crippen molar-refractivity contribution in [3.8, 4) is 12.3 Å². The summed E-state index contributed by atoms with van der Waals surface area (Å²) >= 11 is 0. The average Bonchev–Trinajstić information content (AvgIpc) is 2.67. The van der Waals surface area contributed by atoms with E-state index in [2.05, 4.69) is 42.0 Å². The van der Waals surface area contributed by atoms with Gasteiger partial charge in [0.2, 0.25) is 0 Å². The van der Waals surface area contributed by atoms with Crippen LogP contribution in [-0.2, 0) is 6.54 Å². The summed E-state index contributed by atoms with van der Waals surface area (Å²) in [5.41, 5.74) is 0.687. The topological polar surface area (TPSA) is 23.5 Å². The highest BCUT2D eigenvalue weighted by atomic mass is 16.3. The molecule has 1 fully saturated rings. The molecule has 0 aliphatic carbocycles. The number of aliphatic hydroxyl groups is 1. The van der Waals surface area contributed by atoms with Crippen LogP contribution in [0.3, 0.4) is 0 Å². The Kier molecular flexibility index (Phi) is 4.06. The van der Waals surface area contributed by atoms with Crippen LogP contribution in [0.4, 0.5) is 0 Å². The highest BCUT2D eigenvalue weighted by Gasteiger charge is 2.42. The highest BCUT2D eigenvalue weighted by Crippen LogP contribution is 2.33. The summed E-state index contributed by atoms with van der Waals surface area (Å²) in [6.45, 7) is 3.95. The Morgan fingerprint density at radius 1 is 1.44 bits per heavy atom. The van der Waals surface area contributed by atoms with Crippen molar-refractivity contribution in [2.75, 3.05) is 6.54 Å². The Bertz CT molecular complexity index is 422. The first-order valence-electron chi connectivity index (χ1n) is 6.59. The van der Waals surface area contributed by atoms with Gasteiger partial charge in [-0.15, -0.1) is 12.3 Å². The third-order valence-electron chi connectivity index (χ3n) is 4.09. The van der Waals surface area contributed by atoms with Crippen LogP contribution < -0.4 is 0 Å². The zero-order valence-electron chi connectivity index (χ0n) is 11.0. The minimum atomic E-state index is -0.610. The molecule has 0 spiro atoms. The van der Waals surface area contributed by atoms with Crippen molar-refractivity contribution < 1.29 is 5.11 Å². The first-order valence-corrected chi connectivity index (χ1v) is 6.59. The van der Waals surface area contributed by atoms with Crippen molar-refractivity contribution in [3.05, 3.63) is 35.9 Å². The van der Waals surface area contributed by atoms with Crippen molar-refractivity contribution in [1.82, 2.24) is 4.90 Å². The third kappa shape index (κ3) is 2.75. The lowest BCUT2D eigenvalue weighted by Crippen LogP contribution is -2.42. The molecule has 2 unspecified atom stereocenters. The summed E-state index contributed by atoms with van der Waals surface area (Å²) in [6, 6.07) is 10.6. The number of benzene rings is 1. The van der Waals surface area contributed by atoms with E-state index < -0.39 is 5.60 Å². The zero-order valence-corrected chi connectivity index (χ0v) is 11.0. The van der Waals surface area contributed by atoms with E-state index in [1.54, 1.807) is 0 Å². The van der Waals surface area contributed by atoms with Gasteiger partial charge in [0.25, 0.3) is 0 Å². The number of nitrogens with zero attached hydrogens (tertiary/aromatic N) is 1. The summed E-state index contributed by atoms with van der Waals surface area (Å²) in [7, 11) is 0. The van der Waals surface area contributed by atoms with E-state index in [0.29, 0.717) is 12.8 Å². The SMILES string of the molecule is C#CCCC1(O)CCN(Cc2ccccc2)C1C. The monoisotopic (exact) mass is 243 g/mol. The number of rotatable bonds is 4. The average molecular weight is 243 g/mol. The lowest BCUT2D eigenvalue weighted by molar-refractivity contribution is 0.00284. The Morgan fingerprint density at radius 2 is 2.17 bits per heavy atom. The van der Waals surface area contributed by atoms with E-state index >= 15 is 0 Å². The van der Waals surface area contributed by atoms with Crippen LogP contribution in [0.2, 0.25) is 0 Å². The second-order valence-corrected chi connectivity index (χ2v) is 5.19. The van der Waals surface area contributed by atoms with Crippen LogP contribution in [0.1, 0.15) is 31.7 Å². The maximum Gasteiger partial charge on any atom is 0.0820 e. The predicted molar refractivity (Wildman–Crippen MR) is 73.9 cm³/mol. The largest absolute Gasteiger partial charge is 0.388 e. The standard InChI is InChI=1S/C16H21NO/c1-3-4-10-16(18)11-12-17(14(16)2)13-15-8-6-5-7-9-15/h1,5-9,14,18H,4,10-13H2,2H3. The molecule has 1 saturated heterocycles. The Balaban J connectivity index is 1.99. The Hall–Kier alpha value is -1.30. The lowest BCUT2D eigenvalue weighted by atomic mass is 9.90. The number of likely N-dealkylation sites (tertiary alicyclic amines) is 1. The zero-order chi connectivity index (χ0) is 13.0. The third-order valence-corrected chi connectivity index (χ3v) is 4.09. The fraction of sp³-hybridized carbons (Fsp3) is 0.500. The first-order chi connectivity index (χ1) is 8.65. The minimum Gasteiger partial charge on any atom is -0.388 e. The van der Waals surface area contributed by atoms with Gasteiger partial charge in [-0.1, -0.05) is 30.3 Å². The molecule has 2 rings (SSSR count). The summed E-state index contributed by atoms with van der Waals surface area (Å²) in [5.74, 6) is 2.63. The summed E-state index contributed by atoms with van der Waals surface area (Å²) < 4.78 is 0.